The van der Waals surface area contributed by atoms with Crippen molar-refractivity contribution in [1.82, 2.24) is 0 Å². The first kappa shape index (κ1) is 27.3. The second kappa shape index (κ2) is 7.21. The summed E-state index contributed by atoms with van der Waals surface area (Å²) in [5.74, 6) is -41.1. The minimum absolute atomic E-state index is 2.38. The molecule has 0 amide bonds. The van der Waals surface area contributed by atoms with Gasteiger partial charge in [0.15, 0.2) is 6.61 Å². The second-order valence-corrected chi connectivity index (χ2v) is 4.87. The van der Waals surface area contributed by atoms with Gasteiger partial charge in [0.2, 0.25) is 5.83 Å². The highest BCUT2D eigenvalue weighted by Gasteiger charge is 2.82. The van der Waals surface area contributed by atoms with Crippen molar-refractivity contribution < 1.29 is 83.8 Å². The number of alkyl halides is 16. The Kier molecular flexibility index (Phi) is 6.78. The predicted molar refractivity (Wildman–Crippen MR) is 52.0 cm³/mol. The molecule has 0 aliphatic heterocycles. The van der Waals surface area contributed by atoms with Crippen molar-refractivity contribution in [2.75, 3.05) is 6.61 Å². The highest BCUT2D eigenvalue weighted by molar-refractivity contribution is 5.13. The fraction of sp³-hybridized carbons (Fsp3) is 0.800. The highest BCUT2D eigenvalue weighted by Crippen LogP contribution is 2.54. The van der Waals surface area contributed by atoms with Crippen LogP contribution in [-0.4, -0.2) is 48.6 Å². The monoisotopic (exact) mass is 480 g/mol. The molecule has 19 heteroatoms. The molecule has 0 aromatic heterocycles. The molecule has 0 bridgehead atoms. The lowest BCUT2D eigenvalue weighted by atomic mass is 10.0. The Labute approximate surface area is 145 Å². The quantitative estimate of drug-likeness (QED) is 0.302. The lowest BCUT2D eigenvalue weighted by Gasteiger charge is -2.33. The summed E-state index contributed by atoms with van der Waals surface area (Å²) in [6.07, 6.45) is -14.6. The molecule has 0 saturated carbocycles. The van der Waals surface area contributed by atoms with Gasteiger partial charge in [-0.1, -0.05) is 0 Å². The molecule has 1 nitrogen and oxygen atoms in total. The first-order valence-electron chi connectivity index (χ1n) is 6.00. The topological polar surface area (TPSA) is 9.23 Å². The maximum atomic E-state index is 12.9. The van der Waals surface area contributed by atoms with E-state index in [-0.39, 0.29) is 0 Å². The third-order valence-corrected chi connectivity index (χ3v) is 2.79. The van der Waals surface area contributed by atoms with Crippen molar-refractivity contribution in [2.24, 2.45) is 0 Å². The van der Waals surface area contributed by atoms with Gasteiger partial charge in [0, 0.05) is 0 Å². The third-order valence-electron chi connectivity index (χ3n) is 2.79. The van der Waals surface area contributed by atoms with Gasteiger partial charge >= 0.3 is 48.0 Å². The first-order chi connectivity index (χ1) is 12.3. The molecule has 0 aromatic rings. The predicted octanol–water partition coefficient (Wildman–Crippen LogP) is 6.41. The van der Waals surface area contributed by atoms with E-state index in [1.807, 2.05) is 0 Å². The Morgan fingerprint density at radius 3 is 1.17 bits per heavy atom. The van der Waals surface area contributed by atoms with Crippen LogP contribution in [0.5, 0.6) is 0 Å². The zero-order valence-corrected chi connectivity index (χ0v) is 12.4. The summed E-state index contributed by atoms with van der Waals surface area (Å²) in [7, 11) is 0. The van der Waals surface area contributed by atoms with E-state index in [1.54, 1.807) is 0 Å². The van der Waals surface area contributed by atoms with E-state index in [0.717, 1.165) is 0 Å². The van der Waals surface area contributed by atoms with E-state index < -0.39 is 60.4 Å². The van der Waals surface area contributed by atoms with Crippen molar-refractivity contribution in [1.29, 1.82) is 0 Å². The van der Waals surface area contributed by atoms with Gasteiger partial charge in [-0.3, -0.25) is 0 Å². The smallest absolute Gasteiger partial charge is 0.460 e. The second-order valence-electron chi connectivity index (χ2n) is 4.87. The Morgan fingerprint density at radius 1 is 0.517 bits per heavy atom. The number of hydrogen-bond donors (Lipinski definition) is 0. The number of halogens is 18. The molecule has 0 radical (unpaired) electrons. The van der Waals surface area contributed by atoms with E-state index >= 15 is 0 Å². The lowest BCUT2D eigenvalue weighted by molar-refractivity contribution is -0.399. The first-order valence-corrected chi connectivity index (χ1v) is 6.00. The molecule has 0 spiro atoms. The molecule has 0 aromatic carbocycles. The molecule has 0 aliphatic carbocycles. The molecule has 0 unspecified atom stereocenters. The van der Waals surface area contributed by atoms with Crippen LogP contribution in [0.4, 0.5) is 79.0 Å². The summed E-state index contributed by atoms with van der Waals surface area (Å²) in [5, 5.41) is 0. The zero-order chi connectivity index (χ0) is 24.1. The van der Waals surface area contributed by atoms with Gasteiger partial charge in [-0.25, -0.2) is 0 Å². The average Bonchev–Trinajstić information content (AvgIpc) is 2.48. The summed E-state index contributed by atoms with van der Waals surface area (Å²) in [5.41, 5.74) is 0. The minimum atomic E-state index is -7.56. The molecule has 0 rings (SSSR count). The van der Waals surface area contributed by atoms with Crippen LogP contribution in [0.15, 0.2) is 11.8 Å². The summed E-state index contributed by atoms with van der Waals surface area (Å²) in [6, 6.07) is -4.15. The van der Waals surface area contributed by atoms with Crippen LogP contribution in [0.3, 0.4) is 0 Å². The van der Waals surface area contributed by atoms with Gasteiger partial charge in [-0.05, 0) is 0 Å². The molecule has 0 heterocycles. The van der Waals surface area contributed by atoms with Crippen LogP contribution in [-0.2, 0) is 4.74 Å². The third kappa shape index (κ3) is 4.41. The van der Waals surface area contributed by atoms with Gasteiger partial charge in [0.25, 0.3) is 0 Å². The molecule has 0 fully saturated rings. The molecular formula is C10H2F18O. The maximum Gasteiger partial charge on any atom is 0.460 e. The molecule has 29 heavy (non-hydrogen) atoms. The Morgan fingerprint density at radius 2 is 0.862 bits per heavy atom. The van der Waals surface area contributed by atoms with Crippen LogP contribution < -0.4 is 0 Å². The molecule has 174 valence electrons. The van der Waals surface area contributed by atoms with E-state index in [1.165, 1.54) is 0 Å². The fourth-order valence-corrected chi connectivity index (χ4v) is 1.15. The van der Waals surface area contributed by atoms with E-state index in [4.69, 9.17) is 0 Å². The van der Waals surface area contributed by atoms with Crippen molar-refractivity contribution in [2.45, 2.75) is 42.0 Å². The van der Waals surface area contributed by atoms with Gasteiger partial charge in [-0.2, -0.15) is 79.0 Å². The molecule has 0 N–H and O–H groups in total. The van der Waals surface area contributed by atoms with Gasteiger partial charge in [0.1, 0.15) is 0 Å². The summed E-state index contributed by atoms with van der Waals surface area (Å²) in [4.78, 5) is 0. The van der Waals surface area contributed by atoms with Crippen molar-refractivity contribution >= 4 is 0 Å². The molecule has 0 aliphatic rings. The average molecular weight is 480 g/mol. The minimum Gasteiger partial charge on any atom is -0.462 e. The standard InChI is InChI=1S/C10H2F18O/c11-2(5(15,16)7(19,20)9(23,24)25)3(12)29-1-4(13,14)6(17,18)8(21,22)10(26,27)28/h1H2. The van der Waals surface area contributed by atoms with Crippen LogP contribution in [0.25, 0.3) is 0 Å². The van der Waals surface area contributed by atoms with E-state index in [9.17, 15) is 79.0 Å². The Hall–Kier alpha value is -1.72. The van der Waals surface area contributed by atoms with Crippen molar-refractivity contribution in [3.05, 3.63) is 11.8 Å². The molecule has 0 saturated heterocycles. The Balaban J connectivity index is 5.86. The number of allylic oxidation sites excluding steroid dienone is 1. The lowest BCUT2D eigenvalue weighted by Crippen LogP contribution is -2.62. The molecule has 0 atom stereocenters. The van der Waals surface area contributed by atoms with Crippen molar-refractivity contribution in [3.63, 3.8) is 0 Å². The van der Waals surface area contributed by atoms with Gasteiger partial charge in [-0.15, -0.1) is 0 Å². The number of hydrogen-bond acceptors (Lipinski definition) is 1. The summed E-state index contributed by atoms with van der Waals surface area (Å²) in [6.45, 7) is -3.81. The normalized spacial score (nSPS) is 16.6. The maximum absolute atomic E-state index is 12.9. The largest absolute Gasteiger partial charge is 0.462 e. The SMILES string of the molecule is FC(OCC(F)(F)C(F)(F)C(F)(F)C(F)(F)F)=C(F)C(F)(F)C(F)(F)C(F)(F)F. The van der Waals surface area contributed by atoms with Gasteiger partial charge < -0.3 is 4.74 Å². The van der Waals surface area contributed by atoms with Crippen LogP contribution in [0.2, 0.25) is 0 Å². The van der Waals surface area contributed by atoms with E-state index in [2.05, 4.69) is 4.74 Å². The Bertz CT molecular complexity index is 622. The number of rotatable bonds is 7. The highest BCUT2D eigenvalue weighted by atomic mass is 19.4. The number of ether oxygens (including phenoxy) is 1. The van der Waals surface area contributed by atoms with Crippen LogP contribution in [0, 0.1) is 0 Å². The summed E-state index contributed by atoms with van der Waals surface area (Å²) < 4.78 is 225. The summed E-state index contributed by atoms with van der Waals surface area (Å²) >= 11 is 0. The van der Waals surface area contributed by atoms with Gasteiger partial charge in [0.05, 0.1) is 0 Å². The van der Waals surface area contributed by atoms with E-state index in [0.29, 0.717) is 0 Å². The zero-order valence-electron chi connectivity index (χ0n) is 12.4. The van der Waals surface area contributed by atoms with Crippen LogP contribution in [0.1, 0.15) is 0 Å². The van der Waals surface area contributed by atoms with Crippen molar-refractivity contribution in [3.8, 4) is 0 Å². The van der Waals surface area contributed by atoms with Crippen LogP contribution >= 0.6 is 0 Å². The molecular weight excluding hydrogens is 478 g/mol. The fourth-order valence-electron chi connectivity index (χ4n) is 1.15.